The number of nitrogens with two attached hydrogens (primary N) is 1. The molecular weight excluding hydrogens is 404 g/mol. The van der Waals surface area contributed by atoms with E-state index >= 15 is 0 Å². The number of rotatable bonds is 17. The molecule has 2 rings (SSSR count). The maximum absolute atomic E-state index is 12.6. The third-order valence-corrected chi connectivity index (χ3v) is 6.16. The van der Waals surface area contributed by atoms with Gasteiger partial charge in [0.15, 0.2) is 0 Å². The van der Waals surface area contributed by atoms with Crippen molar-refractivity contribution in [3.63, 3.8) is 0 Å². The van der Waals surface area contributed by atoms with Crippen molar-refractivity contribution in [2.45, 2.75) is 90.4 Å². The number of unbranched alkanes of at least 4 members (excludes halogenated alkanes) is 12. The van der Waals surface area contributed by atoms with Crippen molar-refractivity contribution in [2.24, 2.45) is 0 Å². The number of hydrogen-bond acceptors (Lipinski definition) is 2. The van der Waals surface area contributed by atoms with Crippen molar-refractivity contribution in [2.75, 3.05) is 12.3 Å². The highest BCUT2D eigenvalue weighted by Gasteiger charge is 2.08. The molecule has 3 heteroatoms. The first-order valence-corrected chi connectivity index (χ1v) is 13.1. The standard InChI is InChI=1S/C30H44N2O/c1-2-3-4-5-6-7-8-9-10-11-12-13-17-24-32-30(33)25-29(26-18-15-14-16-19-26)27-20-22-28(31)23-21-27/h14-16,18-23,25H,2-13,17,24,31H2,1H3,(H,32,33). The summed E-state index contributed by atoms with van der Waals surface area (Å²) in [4.78, 5) is 12.6. The van der Waals surface area contributed by atoms with Crippen LogP contribution in [0.5, 0.6) is 0 Å². The molecule has 180 valence electrons. The summed E-state index contributed by atoms with van der Waals surface area (Å²) in [6, 6.07) is 17.7. The molecule has 2 aromatic rings. The first kappa shape index (κ1) is 26.7. The Kier molecular flexibility index (Phi) is 13.8. The maximum atomic E-state index is 12.6. The highest BCUT2D eigenvalue weighted by molar-refractivity contribution is 5.99. The molecule has 33 heavy (non-hydrogen) atoms. The smallest absolute Gasteiger partial charge is 0.244 e. The second-order valence-corrected chi connectivity index (χ2v) is 9.08. The van der Waals surface area contributed by atoms with Crippen molar-refractivity contribution in [1.82, 2.24) is 5.32 Å². The minimum atomic E-state index is -0.0374. The number of nitrogens with one attached hydrogen (secondary N) is 1. The summed E-state index contributed by atoms with van der Waals surface area (Å²) in [6.07, 6.45) is 19.0. The van der Waals surface area contributed by atoms with E-state index in [2.05, 4.69) is 12.2 Å². The van der Waals surface area contributed by atoms with Crippen LogP contribution in [-0.2, 0) is 4.79 Å². The quantitative estimate of drug-likeness (QED) is 0.147. The third kappa shape index (κ3) is 11.8. The molecule has 1 amide bonds. The molecule has 2 aromatic carbocycles. The van der Waals surface area contributed by atoms with Crippen LogP contribution in [0.15, 0.2) is 60.7 Å². The molecule has 0 unspecified atom stereocenters. The molecule has 0 aliphatic carbocycles. The molecule has 0 atom stereocenters. The molecule has 0 heterocycles. The van der Waals surface area contributed by atoms with E-state index in [1.165, 1.54) is 77.0 Å². The van der Waals surface area contributed by atoms with Crippen LogP contribution in [0.4, 0.5) is 5.69 Å². The van der Waals surface area contributed by atoms with Gasteiger partial charge in [0, 0.05) is 18.3 Å². The Balaban J connectivity index is 1.62. The molecule has 0 bridgehead atoms. The largest absolute Gasteiger partial charge is 0.399 e. The minimum absolute atomic E-state index is 0.0374. The summed E-state index contributed by atoms with van der Waals surface area (Å²) in [5.74, 6) is -0.0374. The lowest BCUT2D eigenvalue weighted by molar-refractivity contribution is -0.116. The Morgan fingerprint density at radius 3 is 1.73 bits per heavy atom. The van der Waals surface area contributed by atoms with Gasteiger partial charge >= 0.3 is 0 Å². The summed E-state index contributed by atoms with van der Waals surface area (Å²) in [7, 11) is 0. The van der Waals surface area contributed by atoms with Crippen LogP contribution < -0.4 is 11.1 Å². The van der Waals surface area contributed by atoms with Crippen molar-refractivity contribution >= 4 is 17.2 Å². The monoisotopic (exact) mass is 448 g/mol. The zero-order chi connectivity index (χ0) is 23.6. The number of carbonyl (C=O) groups is 1. The predicted molar refractivity (Wildman–Crippen MR) is 143 cm³/mol. The summed E-state index contributed by atoms with van der Waals surface area (Å²) >= 11 is 0. The molecule has 0 saturated heterocycles. The van der Waals surface area contributed by atoms with Crippen LogP contribution in [0.1, 0.15) is 102 Å². The van der Waals surface area contributed by atoms with Crippen LogP contribution in [0.25, 0.3) is 5.57 Å². The highest BCUT2D eigenvalue weighted by atomic mass is 16.1. The van der Waals surface area contributed by atoms with E-state index in [0.29, 0.717) is 0 Å². The maximum Gasteiger partial charge on any atom is 0.244 e. The van der Waals surface area contributed by atoms with Gasteiger partial charge in [-0.25, -0.2) is 0 Å². The number of hydrogen-bond donors (Lipinski definition) is 2. The van der Waals surface area contributed by atoms with E-state index < -0.39 is 0 Å². The van der Waals surface area contributed by atoms with Gasteiger partial charge in [0.2, 0.25) is 5.91 Å². The molecule has 0 spiro atoms. The fourth-order valence-corrected chi connectivity index (χ4v) is 4.15. The van der Waals surface area contributed by atoms with Crippen LogP contribution in [0.2, 0.25) is 0 Å². The number of anilines is 1. The topological polar surface area (TPSA) is 55.1 Å². The molecule has 0 saturated carbocycles. The van der Waals surface area contributed by atoms with E-state index in [1.807, 2.05) is 54.6 Å². The summed E-state index contributed by atoms with van der Waals surface area (Å²) in [6.45, 7) is 3.01. The lowest BCUT2D eigenvalue weighted by Gasteiger charge is -2.10. The Morgan fingerprint density at radius 2 is 1.18 bits per heavy atom. The van der Waals surface area contributed by atoms with Gasteiger partial charge in [-0.05, 0) is 35.3 Å². The first-order valence-electron chi connectivity index (χ1n) is 13.1. The van der Waals surface area contributed by atoms with Gasteiger partial charge in [-0.3, -0.25) is 4.79 Å². The van der Waals surface area contributed by atoms with Crippen LogP contribution in [0, 0.1) is 0 Å². The lowest BCUT2D eigenvalue weighted by atomic mass is 9.97. The van der Waals surface area contributed by atoms with Gasteiger partial charge in [-0.15, -0.1) is 0 Å². The van der Waals surface area contributed by atoms with Crippen molar-refractivity contribution in [3.8, 4) is 0 Å². The van der Waals surface area contributed by atoms with Gasteiger partial charge in [0.05, 0.1) is 0 Å². The lowest BCUT2D eigenvalue weighted by Crippen LogP contribution is -2.22. The number of amides is 1. The van der Waals surface area contributed by atoms with Crippen LogP contribution in [0.3, 0.4) is 0 Å². The Labute approximate surface area is 201 Å². The summed E-state index contributed by atoms with van der Waals surface area (Å²) in [5.41, 5.74) is 9.49. The fourth-order valence-electron chi connectivity index (χ4n) is 4.15. The van der Waals surface area contributed by atoms with Gasteiger partial charge in [0.25, 0.3) is 0 Å². The highest BCUT2D eigenvalue weighted by Crippen LogP contribution is 2.24. The van der Waals surface area contributed by atoms with Crippen molar-refractivity contribution in [3.05, 3.63) is 71.8 Å². The normalized spacial score (nSPS) is 11.5. The van der Waals surface area contributed by atoms with E-state index in [1.54, 1.807) is 6.08 Å². The first-order chi connectivity index (χ1) is 16.2. The molecule has 3 nitrogen and oxygen atoms in total. The Morgan fingerprint density at radius 1 is 0.697 bits per heavy atom. The van der Waals surface area contributed by atoms with E-state index in [4.69, 9.17) is 5.73 Å². The molecule has 0 aliphatic heterocycles. The van der Waals surface area contributed by atoms with Crippen molar-refractivity contribution in [1.29, 1.82) is 0 Å². The van der Waals surface area contributed by atoms with E-state index in [-0.39, 0.29) is 5.91 Å². The molecule has 0 aliphatic rings. The molecule has 3 N–H and O–H groups in total. The number of benzene rings is 2. The van der Waals surface area contributed by atoms with Crippen LogP contribution >= 0.6 is 0 Å². The van der Waals surface area contributed by atoms with E-state index in [0.717, 1.165) is 35.4 Å². The van der Waals surface area contributed by atoms with E-state index in [9.17, 15) is 4.79 Å². The van der Waals surface area contributed by atoms with Crippen LogP contribution in [-0.4, -0.2) is 12.5 Å². The van der Waals surface area contributed by atoms with Gasteiger partial charge < -0.3 is 11.1 Å². The predicted octanol–water partition coefficient (Wildman–Crippen LogP) is 7.91. The fraction of sp³-hybridized carbons (Fsp3) is 0.500. The number of carbonyl (C=O) groups excluding carboxylic acids is 1. The average molecular weight is 449 g/mol. The minimum Gasteiger partial charge on any atom is -0.399 e. The average Bonchev–Trinajstić information content (AvgIpc) is 2.84. The molecular formula is C30H44N2O. The van der Waals surface area contributed by atoms with Gasteiger partial charge in [0.1, 0.15) is 0 Å². The second kappa shape index (κ2) is 17.0. The number of nitrogen functional groups attached to an aromatic ring is 1. The zero-order valence-corrected chi connectivity index (χ0v) is 20.7. The Bertz CT molecular complexity index is 796. The summed E-state index contributed by atoms with van der Waals surface area (Å²) < 4.78 is 0. The third-order valence-electron chi connectivity index (χ3n) is 6.16. The molecule has 0 aromatic heterocycles. The molecule has 0 radical (unpaired) electrons. The summed E-state index contributed by atoms with van der Waals surface area (Å²) in [5, 5.41) is 3.06. The Hall–Kier alpha value is -2.55. The van der Waals surface area contributed by atoms with Gasteiger partial charge in [-0.2, -0.15) is 0 Å². The second-order valence-electron chi connectivity index (χ2n) is 9.08. The molecule has 0 fully saturated rings. The zero-order valence-electron chi connectivity index (χ0n) is 20.7. The van der Waals surface area contributed by atoms with Gasteiger partial charge in [-0.1, -0.05) is 126 Å². The van der Waals surface area contributed by atoms with Crippen molar-refractivity contribution < 1.29 is 4.79 Å². The SMILES string of the molecule is CCCCCCCCCCCCCCCNC(=O)C=C(c1ccccc1)c1ccc(N)cc1.